The molecule has 3 rings (SSSR count). The van der Waals surface area contributed by atoms with Crippen molar-refractivity contribution in [2.45, 2.75) is 26.3 Å². The van der Waals surface area contributed by atoms with Gasteiger partial charge in [0.25, 0.3) is 0 Å². The molecule has 0 fully saturated rings. The first kappa shape index (κ1) is 16.4. The highest BCUT2D eigenvalue weighted by Crippen LogP contribution is 2.36. The zero-order valence-electron chi connectivity index (χ0n) is 13.5. The van der Waals surface area contributed by atoms with Crippen LogP contribution in [-0.2, 0) is 4.79 Å². The van der Waals surface area contributed by atoms with Crippen molar-refractivity contribution in [3.05, 3.63) is 42.0 Å². The lowest BCUT2D eigenvalue weighted by Gasteiger charge is -2.26. The maximum Gasteiger partial charge on any atom is 0.139 e. The van der Waals surface area contributed by atoms with E-state index < -0.39 is 12.0 Å². The number of benzene rings is 1. The van der Waals surface area contributed by atoms with E-state index in [1.807, 2.05) is 49.6 Å². The van der Waals surface area contributed by atoms with Gasteiger partial charge < -0.3 is 15.2 Å². The van der Waals surface area contributed by atoms with E-state index in [0.29, 0.717) is 5.82 Å². The number of anilines is 1. The summed E-state index contributed by atoms with van der Waals surface area (Å²) in [7, 11) is 0. The van der Waals surface area contributed by atoms with Crippen molar-refractivity contribution in [2.24, 2.45) is 5.92 Å². The Morgan fingerprint density at radius 1 is 1.29 bits per heavy atom. The van der Waals surface area contributed by atoms with Crippen LogP contribution in [-0.4, -0.2) is 22.0 Å². The number of carboxylic acid groups (broad SMARTS) is 1. The molecule has 2 heterocycles. The van der Waals surface area contributed by atoms with Crippen molar-refractivity contribution >= 4 is 33.3 Å². The molecule has 0 saturated heterocycles. The molecule has 0 radical (unpaired) electrons. The molecule has 0 aliphatic carbocycles. The van der Waals surface area contributed by atoms with Gasteiger partial charge in [-0.05, 0) is 11.5 Å². The summed E-state index contributed by atoms with van der Waals surface area (Å²) in [5, 5.41) is 17.5. The lowest BCUT2D eigenvalue weighted by Crippen LogP contribution is -2.45. The van der Waals surface area contributed by atoms with Crippen molar-refractivity contribution in [1.29, 1.82) is 0 Å². The lowest BCUT2D eigenvalue weighted by molar-refractivity contribution is -0.307. The second-order valence-corrected chi connectivity index (χ2v) is 6.60. The Morgan fingerprint density at radius 2 is 2.04 bits per heavy atom. The molecule has 0 unspecified atom stereocenters. The van der Waals surface area contributed by atoms with Gasteiger partial charge in [-0.15, -0.1) is 11.3 Å². The highest BCUT2D eigenvalue weighted by molar-refractivity contribution is 7.17. The normalized spacial score (nSPS) is 13.6. The summed E-state index contributed by atoms with van der Waals surface area (Å²) in [5.41, 5.74) is 2.05. The number of thiophene rings is 1. The molecule has 24 heavy (non-hydrogen) atoms. The Kier molecular flexibility index (Phi) is 4.76. The van der Waals surface area contributed by atoms with E-state index in [0.717, 1.165) is 27.8 Å². The molecular formula is C18H18N3O2S-. The SMILES string of the molecule is CC[C@H](C)[C@@H](Nc1ncnc2scc(-c3ccccc3)c12)C(=O)[O-]. The van der Waals surface area contributed by atoms with Crippen LogP contribution in [0.25, 0.3) is 21.3 Å². The highest BCUT2D eigenvalue weighted by atomic mass is 32.1. The van der Waals surface area contributed by atoms with Gasteiger partial charge in [0, 0.05) is 10.9 Å². The molecule has 0 bridgehead atoms. The van der Waals surface area contributed by atoms with Crippen molar-refractivity contribution in [2.75, 3.05) is 5.32 Å². The van der Waals surface area contributed by atoms with Gasteiger partial charge in [0.15, 0.2) is 0 Å². The number of fused-ring (bicyclic) bond motifs is 1. The third-order valence-corrected chi connectivity index (χ3v) is 5.10. The van der Waals surface area contributed by atoms with Crippen molar-refractivity contribution in [1.82, 2.24) is 9.97 Å². The van der Waals surface area contributed by atoms with E-state index in [9.17, 15) is 9.90 Å². The minimum atomic E-state index is -1.12. The summed E-state index contributed by atoms with van der Waals surface area (Å²) in [6.45, 7) is 3.84. The summed E-state index contributed by atoms with van der Waals surface area (Å²) >= 11 is 1.52. The Bertz CT molecular complexity index is 848. The number of rotatable bonds is 6. The average Bonchev–Trinajstić information content (AvgIpc) is 3.04. The first-order chi connectivity index (χ1) is 11.6. The van der Waals surface area contributed by atoms with Crippen LogP contribution in [0.5, 0.6) is 0 Å². The van der Waals surface area contributed by atoms with Gasteiger partial charge in [0.05, 0.1) is 17.4 Å². The van der Waals surface area contributed by atoms with Crippen LogP contribution >= 0.6 is 11.3 Å². The largest absolute Gasteiger partial charge is 0.548 e. The van der Waals surface area contributed by atoms with Crippen molar-refractivity contribution in [3.63, 3.8) is 0 Å². The third kappa shape index (κ3) is 3.10. The minimum Gasteiger partial charge on any atom is -0.548 e. The fourth-order valence-electron chi connectivity index (χ4n) is 2.63. The molecule has 0 saturated carbocycles. The maximum absolute atomic E-state index is 11.5. The van der Waals surface area contributed by atoms with Gasteiger partial charge in [-0.2, -0.15) is 0 Å². The van der Waals surface area contributed by atoms with Gasteiger partial charge in [-0.1, -0.05) is 50.6 Å². The number of nitrogens with zero attached hydrogens (tertiary/aromatic N) is 2. The minimum absolute atomic E-state index is 0.0705. The number of aliphatic carboxylic acids is 1. The molecule has 1 aromatic carbocycles. The first-order valence-electron chi connectivity index (χ1n) is 7.86. The average molecular weight is 340 g/mol. The number of carbonyl (C=O) groups is 1. The van der Waals surface area contributed by atoms with Crippen LogP contribution in [0.3, 0.4) is 0 Å². The number of hydrogen-bond donors (Lipinski definition) is 1. The van der Waals surface area contributed by atoms with Crippen LogP contribution < -0.4 is 10.4 Å². The maximum atomic E-state index is 11.5. The molecule has 1 N–H and O–H groups in total. The standard InChI is InChI=1S/C18H19N3O2S/c1-3-11(2)15(18(22)23)21-16-14-13(12-7-5-4-6-8-12)9-24-17(14)20-10-19-16/h4-11,15H,3H2,1-2H3,(H,22,23)(H,19,20,21)/p-1/t11-,15+/m0/s1. The predicted octanol–water partition coefficient (Wildman–Crippen LogP) is 2.93. The highest BCUT2D eigenvalue weighted by Gasteiger charge is 2.20. The Morgan fingerprint density at radius 3 is 2.71 bits per heavy atom. The van der Waals surface area contributed by atoms with Crippen LogP contribution in [0.4, 0.5) is 5.82 Å². The Hall–Kier alpha value is -2.47. The van der Waals surface area contributed by atoms with Gasteiger partial charge in [-0.25, -0.2) is 9.97 Å². The van der Waals surface area contributed by atoms with Crippen LogP contribution in [0.1, 0.15) is 20.3 Å². The lowest BCUT2D eigenvalue weighted by atomic mass is 9.99. The van der Waals surface area contributed by atoms with Crippen molar-refractivity contribution in [3.8, 4) is 11.1 Å². The molecule has 5 nitrogen and oxygen atoms in total. The van der Waals surface area contributed by atoms with E-state index in [1.165, 1.54) is 17.7 Å². The summed E-state index contributed by atoms with van der Waals surface area (Å²) in [4.78, 5) is 21.0. The fourth-order valence-corrected chi connectivity index (χ4v) is 3.55. The zero-order valence-corrected chi connectivity index (χ0v) is 14.3. The smallest absolute Gasteiger partial charge is 0.139 e. The monoisotopic (exact) mass is 340 g/mol. The molecule has 124 valence electrons. The Labute approximate surface area is 144 Å². The van der Waals surface area contributed by atoms with E-state index in [-0.39, 0.29) is 5.92 Å². The summed E-state index contributed by atoms with van der Waals surface area (Å²) < 4.78 is 0. The number of carbonyl (C=O) groups excluding carboxylic acids is 1. The Balaban J connectivity index is 2.08. The molecule has 0 spiro atoms. The summed E-state index contributed by atoms with van der Waals surface area (Å²) in [6.07, 6.45) is 2.19. The summed E-state index contributed by atoms with van der Waals surface area (Å²) in [5.74, 6) is -0.652. The molecule has 3 aromatic rings. The van der Waals surface area contributed by atoms with E-state index in [4.69, 9.17) is 0 Å². The van der Waals surface area contributed by atoms with Gasteiger partial charge in [0.1, 0.15) is 17.0 Å². The number of aromatic nitrogens is 2. The fraction of sp³-hybridized carbons (Fsp3) is 0.278. The quantitative estimate of drug-likeness (QED) is 0.746. The van der Waals surface area contributed by atoms with Crippen LogP contribution in [0.2, 0.25) is 0 Å². The summed E-state index contributed by atoms with van der Waals surface area (Å²) in [6, 6.07) is 9.14. The number of hydrogen-bond acceptors (Lipinski definition) is 6. The van der Waals surface area contributed by atoms with Gasteiger partial charge in [0.2, 0.25) is 0 Å². The molecular weight excluding hydrogens is 322 g/mol. The molecule has 2 aromatic heterocycles. The number of carboxylic acids is 1. The zero-order chi connectivity index (χ0) is 17.1. The van der Waals surface area contributed by atoms with Crippen molar-refractivity contribution < 1.29 is 9.90 Å². The van der Waals surface area contributed by atoms with E-state index >= 15 is 0 Å². The van der Waals surface area contributed by atoms with Gasteiger partial charge >= 0.3 is 0 Å². The molecule has 2 atom stereocenters. The number of nitrogens with one attached hydrogen (secondary N) is 1. The molecule has 0 aliphatic heterocycles. The second kappa shape index (κ2) is 6.97. The molecule has 0 amide bonds. The van der Waals surface area contributed by atoms with Crippen LogP contribution in [0.15, 0.2) is 42.0 Å². The molecule has 0 aliphatic rings. The first-order valence-corrected chi connectivity index (χ1v) is 8.74. The van der Waals surface area contributed by atoms with Crippen LogP contribution in [0, 0.1) is 5.92 Å². The third-order valence-electron chi connectivity index (χ3n) is 4.21. The van der Waals surface area contributed by atoms with E-state index in [2.05, 4.69) is 15.3 Å². The molecule has 6 heteroatoms. The van der Waals surface area contributed by atoms with E-state index in [1.54, 1.807) is 0 Å². The predicted molar refractivity (Wildman–Crippen MR) is 94.7 cm³/mol. The second-order valence-electron chi connectivity index (χ2n) is 5.74. The van der Waals surface area contributed by atoms with Gasteiger partial charge in [-0.3, -0.25) is 0 Å². The topological polar surface area (TPSA) is 77.9 Å².